The Morgan fingerprint density at radius 1 is 1.03 bits per heavy atom. The summed E-state index contributed by atoms with van der Waals surface area (Å²) < 4.78 is 14.4. The van der Waals surface area contributed by atoms with Crippen LogP contribution in [0.1, 0.15) is 37.8 Å². The number of nitrogens with zero attached hydrogens (tertiary/aromatic N) is 5. The molecule has 0 saturated carbocycles. The molecule has 1 fully saturated rings. The molecule has 0 aliphatic carbocycles. The molecule has 1 saturated heterocycles. The van der Waals surface area contributed by atoms with Gasteiger partial charge in [-0.3, -0.25) is 13.9 Å². The number of aryl methyl sites for hydroxylation is 2. The van der Waals surface area contributed by atoms with E-state index in [2.05, 4.69) is 21.8 Å². The van der Waals surface area contributed by atoms with Gasteiger partial charge in [-0.2, -0.15) is 0 Å². The van der Waals surface area contributed by atoms with Crippen molar-refractivity contribution in [2.45, 2.75) is 39.2 Å². The molecule has 1 aliphatic heterocycles. The molecule has 2 aromatic carbocycles. The summed E-state index contributed by atoms with van der Waals surface area (Å²) in [4.78, 5) is 37.7. The SMILES string of the molecule is CCCOc1cc2ncnc(N3CCC(n4c(=O)c5cc(C)ccc5n(C)c4=O)CC3)c2cc1OC. The summed E-state index contributed by atoms with van der Waals surface area (Å²) in [7, 11) is 3.35. The number of piperidine rings is 1. The molecule has 2 aromatic heterocycles. The van der Waals surface area contributed by atoms with Gasteiger partial charge in [0.05, 0.1) is 30.1 Å². The van der Waals surface area contributed by atoms with Gasteiger partial charge in [0, 0.05) is 37.6 Å². The summed E-state index contributed by atoms with van der Waals surface area (Å²) in [6, 6.07) is 9.27. The molecule has 0 amide bonds. The predicted octanol–water partition coefficient (Wildman–Crippen LogP) is 3.59. The summed E-state index contributed by atoms with van der Waals surface area (Å²) in [5, 5.41) is 1.46. The zero-order chi connectivity index (χ0) is 25.4. The zero-order valence-corrected chi connectivity index (χ0v) is 21.2. The van der Waals surface area contributed by atoms with Gasteiger partial charge in [-0.1, -0.05) is 18.6 Å². The lowest BCUT2D eigenvalue weighted by Gasteiger charge is -2.34. The van der Waals surface area contributed by atoms with Gasteiger partial charge in [-0.05, 0) is 44.4 Å². The molecular formula is C27H31N5O4. The van der Waals surface area contributed by atoms with E-state index in [1.54, 1.807) is 25.1 Å². The molecule has 0 bridgehead atoms. The Morgan fingerprint density at radius 3 is 2.53 bits per heavy atom. The number of hydrogen-bond acceptors (Lipinski definition) is 7. The molecule has 9 heteroatoms. The van der Waals surface area contributed by atoms with Gasteiger partial charge < -0.3 is 14.4 Å². The molecule has 188 valence electrons. The average molecular weight is 490 g/mol. The van der Waals surface area contributed by atoms with Crippen molar-refractivity contribution < 1.29 is 9.47 Å². The van der Waals surface area contributed by atoms with Crippen LogP contribution in [-0.4, -0.2) is 45.9 Å². The maximum atomic E-state index is 13.3. The van der Waals surface area contributed by atoms with Crippen molar-refractivity contribution in [2.75, 3.05) is 31.7 Å². The lowest BCUT2D eigenvalue weighted by Crippen LogP contribution is -2.45. The Bertz CT molecular complexity index is 1550. The highest BCUT2D eigenvalue weighted by atomic mass is 16.5. The highest BCUT2D eigenvalue weighted by Crippen LogP contribution is 2.36. The number of fused-ring (bicyclic) bond motifs is 2. The van der Waals surface area contributed by atoms with E-state index in [9.17, 15) is 9.59 Å². The van der Waals surface area contributed by atoms with Gasteiger partial charge in [0.2, 0.25) is 0 Å². The topological polar surface area (TPSA) is 91.5 Å². The minimum atomic E-state index is -0.272. The van der Waals surface area contributed by atoms with E-state index in [0.717, 1.165) is 28.7 Å². The van der Waals surface area contributed by atoms with Crippen molar-refractivity contribution in [2.24, 2.45) is 7.05 Å². The van der Waals surface area contributed by atoms with Gasteiger partial charge in [0.25, 0.3) is 5.56 Å². The van der Waals surface area contributed by atoms with Gasteiger partial charge in [-0.25, -0.2) is 14.8 Å². The molecule has 0 atom stereocenters. The maximum Gasteiger partial charge on any atom is 0.331 e. The number of hydrogen-bond donors (Lipinski definition) is 0. The van der Waals surface area contributed by atoms with Crippen LogP contribution in [0.4, 0.5) is 5.82 Å². The second kappa shape index (κ2) is 9.64. The number of methoxy groups -OCH3 is 1. The largest absolute Gasteiger partial charge is 0.493 e. The van der Waals surface area contributed by atoms with E-state index in [0.29, 0.717) is 54.9 Å². The van der Waals surface area contributed by atoms with Gasteiger partial charge in [0.15, 0.2) is 11.5 Å². The Balaban J connectivity index is 1.46. The summed E-state index contributed by atoms with van der Waals surface area (Å²) in [5.74, 6) is 2.12. The molecule has 0 radical (unpaired) electrons. The Morgan fingerprint density at radius 2 is 1.81 bits per heavy atom. The fourth-order valence-electron chi connectivity index (χ4n) is 5.04. The molecule has 36 heavy (non-hydrogen) atoms. The van der Waals surface area contributed by atoms with Gasteiger partial charge in [-0.15, -0.1) is 0 Å². The van der Waals surface area contributed by atoms with Crippen LogP contribution in [0.3, 0.4) is 0 Å². The van der Waals surface area contributed by atoms with Crippen molar-refractivity contribution in [3.05, 3.63) is 63.1 Å². The molecule has 0 N–H and O–H groups in total. The van der Waals surface area contributed by atoms with Crippen LogP contribution in [0.5, 0.6) is 11.5 Å². The number of benzene rings is 2. The molecule has 5 rings (SSSR count). The highest BCUT2D eigenvalue weighted by molar-refractivity contribution is 5.92. The second-order valence-corrected chi connectivity index (χ2v) is 9.32. The lowest BCUT2D eigenvalue weighted by atomic mass is 10.0. The van der Waals surface area contributed by atoms with Crippen molar-refractivity contribution >= 4 is 27.6 Å². The van der Waals surface area contributed by atoms with E-state index >= 15 is 0 Å². The number of aromatic nitrogens is 4. The van der Waals surface area contributed by atoms with Crippen LogP contribution in [-0.2, 0) is 7.05 Å². The molecule has 4 aromatic rings. The number of anilines is 1. The zero-order valence-electron chi connectivity index (χ0n) is 21.2. The monoisotopic (exact) mass is 489 g/mol. The Labute approximate surface area is 208 Å². The standard InChI is InChI=1S/C27H31N5O4/c1-5-12-36-24-15-21-19(14-23(24)35-4)25(29-16-28-21)31-10-8-18(9-11-31)32-26(33)20-13-17(2)6-7-22(20)30(3)27(32)34/h6-7,13-16,18H,5,8-12H2,1-4H3. The average Bonchev–Trinajstić information content (AvgIpc) is 2.90. The third kappa shape index (κ3) is 4.08. The number of rotatable bonds is 6. The molecular weight excluding hydrogens is 458 g/mol. The first-order chi connectivity index (χ1) is 17.4. The van der Waals surface area contributed by atoms with Crippen molar-refractivity contribution in [1.82, 2.24) is 19.1 Å². The maximum absolute atomic E-state index is 13.3. The van der Waals surface area contributed by atoms with Crippen molar-refractivity contribution in [3.63, 3.8) is 0 Å². The summed E-state index contributed by atoms with van der Waals surface area (Å²) in [6.45, 7) is 5.93. The Hall–Kier alpha value is -3.88. The summed E-state index contributed by atoms with van der Waals surface area (Å²) in [5.41, 5.74) is 1.95. The summed E-state index contributed by atoms with van der Waals surface area (Å²) >= 11 is 0. The van der Waals surface area contributed by atoms with Crippen LogP contribution in [0.15, 0.2) is 46.2 Å². The van der Waals surface area contributed by atoms with Gasteiger partial charge in [0.1, 0.15) is 12.1 Å². The van der Waals surface area contributed by atoms with Crippen LogP contribution in [0.25, 0.3) is 21.8 Å². The predicted molar refractivity (Wildman–Crippen MR) is 141 cm³/mol. The van der Waals surface area contributed by atoms with Crippen LogP contribution in [0, 0.1) is 6.92 Å². The first-order valence-corrected chi connectivity index (χ1v) is 12.3. The number of ether oxygens (including phenoxy) is 2. The third-order valence-electron chi connectivity index (χ3n) is 6.95. The Kier molecular flexibility index (Phi) is 6.38. The van der Waals surface area contributed by atoms with Gasteiger partial charge >= 0.3 is 5.69 Å². The van der Waals surface area contributed by atoms with Crippen LogP contribution >= 0.6 is 0 Å². The molecule has 9 nitrogen and oxygen atoms in total. The van der Waals surface area contributed by atoms with E-state index in [1.165, 1.54) is 4.57 Å². The fraction of sp³-hybridized carbons (Fsp3) is 0.407. The van der Waals surface area contributed by atoms with E-state index in [-0.39, 0.29) is 17.3 Å². The lowest BCUT2D eigenvalue weighted by molar-refractivity contribution is 0.295. The molecule has 1 aliphatic rings. The van der Waals surface area contributed by atoms with E-state index in [4.69, 9.17) is 9.47 Å². The highest BCUT2D eigenvalue weighted by Gasteiger charge is 2.26. The smallest absolute Gasteiger partial charge is 0.331 e. The first-order valence-electron chi connectivity index (χ1n) is 12.3. The fourth-order valence-corrected chi connectivity index (χ4v) is 5.04. The molecule has 0 unspecified atom stereocenters. The van der Waals surface area contributed by atoms with E-state index in [1.807, 2.05) is 37.3 Å². The van der Waals surface area contributed by atoms with Crippen LogP contribution < -0.4 is 25.6 Å². The first kappa shape index (κ1) is 23.8. The normalized spacial score (nSPS) is 14.5. The quantitative estimate of drug-likeness (QED) is 0.409. The third-order valence-corrected chi connectivity index (χ3v) is 6.95. The minimum Gasteiger partial charge on any atom is -0.493 e. The van der Waals surface area contributed by atoms with Crippen molar-refractivity contribution in [1.29, 1.82) is 0 Å². The second-order valence-electron chi connectivity index (χ2n) is 9.32. The van der Waals surface area contributed by atoms with Crippen molar-refractivity contribution in [3.8, 4) is 11.5 Å². The minimum absolute atomic E-state index is 0.172. The molecule has 0 spiro atoms. The molecule has 3 heterocycles. The van der Waals surface area contributed by atoms with E-state index < -0.39 is 0 Å². The van der Waals surface area contributed by atoms with Crippen LogP contribution in [0.2, 0.25) is 0 Å². The summed E-state index contributed by atoms with van der Waals surface area (Å²) in [6.07, 6.45) is 3.78.